The van der Waals surface area contributed by atoms with E-state index < -0.39 is 10.2 Å². The van der Waals surface area contributed by atoms with Crippen LogP contribution in [0.15, 0.2) is 15.0 Å². The summed E-state index contributed by atoms with van der Waals surface area (Å²) >= 11 is 0. The van der Waals surface area contributed by atoms with Crippen molar-refractivity contribution in [1.29, 1.82) is 0 Å². The van der Waals surface area contributed by atoms with E-state index in [9.17, 15) is 0 Å². The highest BCUT2D eigenvalue weighted by atomic mass is 35.7. The molecule has 0 amide bonds. The maximum Gasteiger partial charge on any atom is 0.222 e. The van der Waals surface area contributed by atoms with Gasteiger partial charge in [0.15, 0.2) is 4.80 Å². The minimum absolute atomic E-state index is 0.710. The molecule has 0 aliphatic rings. The number of hydrogen-bond donors (Lipinski definition) is 1. The molecule has 1 rings (SSSR count). The second-order valence-corrected chi connectivity index (χ2v) is 6.30. The standard InChI is InChI=1S/C8H15N5S2.ClHO4/c1-9-6(12(3)4)11-8-13(5)7(10-2)14-15-8;2-1(3,4)5/h1-5H3;(H,2,3,4,5)/b9-6?,10-7?,11-8+;. The van der Waals surface area contributed by atoms with E-state index >= 15 is 0 Å². The van der Waals surface area contributed by atoms with E-state index in [2.05, 4.69) is 15.0 Å². The van der Waals surface area contributed by atoms with E-state index in [4.69, 9.17) is 18.6 Å². The van der Waals surface area contributed by atoms with Crippen LogP contribution in [-0.4, -0.2) is 48.3 Å². The van der Waals surface area contributed by atoms with Crippen LogP contribution in [0, 0.1) is 10.2 Å². The Balaban J connectivity index is 0.000000621. The van der Waals surface area contributed by atoms with Crippen molar-refractivity contribution in [3.05, 3.63) is 9.60 Å². The Hall–Kier alpha value is -0.820. The zero-order valence-electron chi connectivity index (χ0n) is 11.6. The summed E-state index contributed by atoms with van der Waals surface area (Å²) in [7, 11) is 7.84. The number of hydrogen-bond acceptors (Lipinski definition) is 8. The molecule has 9 nitrogen and oxygen atoms in total. The van der Waals surface area contributed by atoms with E-state index in [0.717, 1.165) is 9.60 Å². The topological polar surface area (TPSA) is 135 Å². The SMILES string of the molecule is CN=C(/N=c1/ssc(=NC)n1C)N(C)C.[O-][Cl+3]([O-])([O-])O. The van der Waals surface area contributed by atoms with E-state index in [1.165, 1.54) is 0 Å². The van der Waals surface area contributed by atoms with E-state index in [0.29, 0.717) is 5.96 Å². The molecule has 0 spiro atoms. The van der Waals surface area contributed by atoms with Crippen molar-refractivity contribution in [1.82, 2.24) is 9.47 Å². The van der Waals surface area contributed by atoms with Crippen LogP contribution in [0.25, 0.3) is 0 Å². The van der Waals surface area contributed by atoms with Gasteiger partial charge in [0.2, 0.25) is 10.8 Å². The van der Waals surface area contributed by atoms with Gasteiger partial charge in [-0.3, -0.25) is 14.6 Å². The molecule has 1 heterocycles. The van der Waals surface area contributed by atoms with Gasteiger partial charge in [0.1, 0.15) is 0 Å². The molecule has 12 heteroatoms. The lowest BCUT2D eigenvalue weighted by Crippen LogP contribution is -2.58. The van der Waals surface area contributed by atoms with Crippen LogP contribution < -0.4 is 23.6 Å². The molecule has 20 heavy (non-hydrogen) atoms. The third kappa shape index (κ3) is 7.69. The van der Waals surface area contributed by atoms with Gasteiger partial charge in [-0.2, -0.15) is 19.0 Å². The average molecular weight is 346 g/mol. The number of guanidine groups is 1. The van der Waals surface area contributed by atoms with Crippen molar-refractivity contribution < 1.29 is 28.9 Å². The van der Waals surface area contributed by atoms with Crippen molar-refractivity contribution in [3.63, 3.8) is 0 Å². The third-order valence-electron chi connectivity index (χ3n) is 1.75. The molecule has 1 aromatic heterocycles. The number of nitrogens with zero attached hydrogens (tertiary/aromatic N) is 5. The summed E-state index contributed by atoms with van der Waals surface area (Å²) in [4.78, 5) is 16.5. The first kappa shape index (κ1) is 19.2. The first-order valence-electron chi connectivity index (χ1n) is 5.01. The Bertz CT molecular complexity index is 562. The smallest absolute Gasteiger partial charge is 0.222 e. The molecule has 0 aromatic carbocycles. The molecule has 0 aliphatic carbocycles. The fraction of sp³-hybridized carbons (Fsp3) is 0.625. The zero-order valence-corrected chi connectivity index (χ0v) is 14.0. The van der Waals surface area contributed by atoms with Crippen molar-refractivity contribution in [2.75, 3.05) is 28.2 Å². The summed E-state index contributed by atoms with van der Waals surface area (Å²) in [5.74, 6) is 0.710. The fourth-order valence-electron chi connectivity index (χ4n) is 0.985. The lowest BCUT2D eigenvalue weighted by molar-refractivity contribution is -1.92. The normalized spacial score (nSPS) is 14.2. The maximum atomic E-state index is 8.60. The Morgan fingerprint density at radius 1 is 1.20 bits per heavy atom. The van der Waals surface area contributed by atoms with Crippen LogP contribution in [0.3, 0.4) is 0 Å². The van der Waals surface area contributed by atoms with Crippen molar-refractivity contribution in [2.24, 2.45) is 22.0 Å². The van der Waals surface area contributed by atoms with Crippen LogP contribution in [0.2, 0.25) is 0 Å². The van der Waals surface area contributed by atoms with Crippen LogP contribution in [0.1, 0.15) is 0 Å². The Morgan fingerprint density at radius 3 is 1.95 bits per heavy atom. The largest absolute Gasteiger partial charge is 0.347 e. The molecule has 0 saturated heterocycles. The molecule has 1 N–H and O–H groups in total. The summed E-state index contributed by atoms with van der Waals surface area (Å²) in [6.45, 7) is 0. The van der Waals surface area contributed by atoms with Gasteiger partial charge >= 0.3 is 0 Å². The summed E-state index contributed by atoms with van der Waals surface area (Å²) in [5, 5.41) is 0. The van der Waals surface area contributed by atoms with Crippen molar-refractivity contribution >= 4 is 26.6 Å². The highest BCUT2D eigenvalue weighted by molar-refractivity contribution is 7.67. The molecule has 0 atom stereocenters. The number of aromatic nitrogens is 1. The van der Waals surface area contributed by atoms with Crippen LogP contribution in [-0.2, 0) is 7.05 Å². The molecule has 0 aliphatic heterocycles. The lowest BCUT2D eigenvalue weighted by atomic mass is 10.8. The average Bonchev–Trinajstić information content (AvgIpc) is 2.64. The molecule has 0 radical (unpaired) electrons. The summed E-state index contributed by atoms with van der Waals surface area (Å²) in [6, 6.07) is 0. The summed E-state index contributed by atoms with van der Waals surface area (Å²) in [5.41, 5.74) is 0. The molecule has 116 valence electrons. The Kier molecular flexibility index (Phi) is 8.12. The number of aliphatic imine (C=N–C) groups is 1. The van der Waals surface area contributed by atoms with Crippen LogP contribution in [0.5, 0.6) is 0 Å². The van der Waals surface area contributed by atoms with Crippen molar-refractivity contribution in [2.45, 2.75) is 0 Å². The van der Waals surface area contributed by atoms with Gasteiger partial charge in [0.25, 0.3) is 0 Å². The molecule has 0 fully saturated rings. The van der Waals surface area contributed by atoms with Gasteiger partial charge in [-0.25, -0.2) is 0 Å². The number of rotatable bonds is 0. The van der Waals surface area contributed by atoms with Crippen molar-refractivity contribution in [3.8, 4) is 0 Å². The van der Waals surface area contributed by atoms with Gasteiger partial charge < -0.3 is 4.90 Å². The van der Waals surface area contributed by atoms with Crippen LogP contribution >= 0.6 is 20.7 Å². The Morgan fingerprint density at radius 2 is 1.65 bits per heavy atom. The predicted octanol–water partition coefficient (Wildman–Crippen LogP) is -4.00. The van der Waals surface area contributed by atoms with Crippen LogP contribution in [0.4, 0.5) is 0 Å². The zero-order chi connectivity index (χ0) is 15.9. The molecular formula is C8H16ClN5O4S2. The Labute approximate surface area is 125 Å². The molecule has 1 aromatic rings. The minimum Gasteiger partial charge on any atom is -0.347 e. The highest BCUT2D eigenvalue weighted by Gasteiger charge is 2.00. The summed E-state index contributed by atoms with van der Waals surface area (Å²) in [6.07, 6.45) is 0. The highest BCUT2D eigenvalue weighted by Crippen LogP contribution is 1.92. The number of halogens is 1. The second kappa shape index (κ2) is 8.46. The van der Waals surface area contributed by atoms with Gasteiger partial charge in [0, 0.05) is 35.2 Å². The van der Waals surface area contributed by atoms with Gasteiger partial charge in [0.05, 0.1) is 14.9 Å². The van der Waals surface area contributed by atoms with Gasteiger partial charge in [-0.15, -0.1) is 0 Å². The third-order valence-corrected chi connectivity index (χ3v) is 4.10. The molecular weight excluding hydrogens is 330 g/mol. The molecule has 0 saturated carbocycles. The fourth-order valence-corrected chi connectivity index (χ4v) is 3.23. The first-order chi connectivity index (χ1) is 9.10. The molecule has 0 unspecified atom stereocenters. The van der Waals surface area contributed by atoms with E-state index in [-0.39, 0.29) is 0 Å². The predicted molar refractivity (Wildman–Crippen MR) is 67.5 cm³/mol. The van der Waals surface area contributed by atoms with E-state index in [1.54, 1.807) is 34.8 Å². The molecule has 0 bridgehead atoms. The van der Waals surface area contributed by atoms with E-state index in [1.807, 2.05) is 30.6 Å². The van der Waals surface area contributed by atoms with Gasteiger partial charge in [-0.05, 0) is 20.7 Å². The second-order valence-electron chi connectivity index (χ2n) is 3.44. The minimum atomic E-state index is -4.69. The quantitative estimate of drug-likeness (QED) is 0.290. The first-order valence-corrected chi connectivity index (χ1v) is 8.42. The monoisotopic (exact) mass is 345 g/mol. The maximum absolute atomic E-state index is 8.60. The lowest BCUT2D eigenvalue weighted by Gasteiger charge is -2.08. The summed E-state index contributed by atoms with van der Waals surface area (Å²) < 4.78 is 34.7. The van der Waals surface area contributed by atoms with Gasteiger partial charge in [-0.1, -0.05) is 0 Å².